The fourth-order valence-corrected chi connectivity index (χ4v) is 3.64. The van der Waals surface area contributed by atoms with Crippen LogP contribution in [0.5, 0.6) is 0 Å². The lowest BCUT2D eigenvalue weighted by Crippen LogP contribution is -2.45. The van der Waals surface area contributed by atoms with Crippen LogP contribution in [0.4, 0.5) is 8.78 Å². The van der Waals surface area contributed by atoms with Gasteiger partial charge in [0.05, 0.1) is 6.04 Å². The SMILES string of the molecule is CCCN(CCC)C(=O)c1cccc(C(=O)NCCNC(C)C(=O)NCC(C)C)c1.Cc1cc(F)cc(F)c1. The number of hydrogen-bond acceptors (Lipinski definition) is 4. The molecular weight excluding hydrogens is 502 g/mol. The summed E-state index contributed by atoms with van der Waals surface area (Å²) in [4.78, 5) is 39.0. The minimum atomic E-state index is -0.521. The Morgan fingerprint density at radius 1 is 0.846 bits per heavy atom. The Balaban J connectivity index is 0.000000708. The van der Waals surface area contributed by atoms with Crippen LogP contribution in [0, 0.1) is 24.5 Å². The van der Waals surface area contributed by atoms with Crippen molar-refractivity contribution in [3.63, 3.8) is 0 Å². The first-order valence-corrected chi connectivity index (χ1v) is 13.6. The molecule has 0 aliphatic rings. The van der Waals surface area contributed by atoms with Gasteiger partial charge in [0.15, 0.2) is 0 Å². The molecule has 0 saturated carbocycles. The van der Waals surface area contributed by atoms with Crippen LogP contribution in [0.1, 0.15) is 73.7 Å². The average molecular weight is 547 g/mol. The molecule has 0 fully saturated rings. The van der Waals surface area contributed by atoms with E-state index in [1.54, 1.807) is 38.1 Å². The topological polar surface area (TPSA) is 90.5 Å². The molecule has 39 heavy (non-hydrogen) atoms. The number of nitrogens with zero attached hydrogens (tertiary/aromatic N) is 1. The van der Waals surface area contributed by atoms with E-state index in [4.69, 9.17) is 0 Å². The van der Waals surface area contributed by atoms with Crippen molar-refractivity contribution in [1.82, 2.24) is 20.9 Å². The smallest absolute Gasteiger partial charge is 0.253 e. The Kier molecular flexibility index (Phi) is 15.6. The molecule has 216 valence electrons. The quantitative estimate of drug-likeness (QED) is 0.318. The van der Waals surface area contributed by atoms with E-state index in [0.717, 1.165) is 18.9 Å². The van der Waals surface area contributed by atoms with E-state index < -0.39 is 11.6 Å². The molecule has 0 spiro atoms. The Bertz CT molecular complexity index is 1010. The van der Waals surface area contributed by atoms with Gasteiger partial charge in [0.1, 0.15) is 11.6 Å². The van der Waals surface area contributed by atoms with Crippen molar-refractivity contribution in [2.75, 3.05) is 32.7 Å². The lowest BCUT2D eigenvalue weighted by molar-refractivity contribution is -0.122. The highest BCUT2D eigenvalue weighted by atomic mass is 19.1. The first kappa shape index (κ1) is 33.7. The minimum absolute atomic E-state index is 0.0451. The van der Waals surface area contributed by atoms with Gasteiger partial charge in [0, 0.05) is 49.9 Å². The first-order valence-electron chi connectivity index (χ1n) is 13.6. The number of hydrogen-bond donors (Lipinski definition) is 3. The van der Waals surface area contributed by atoms with E-state index in [9.17, 15) is 23.2 Å². The van der Waals surface area contributed by atoms with E-state index in [1.807, 2.05) is 32.6 Å². The van der Waals surface area contributed by atoms with Gasteiger partial charge in [-0.1, -0.05) is 33.8 Å². The number of halogens is 2. The van der Waals surface area contributed by atoms with E-state index in [2.05, 4.69) is 16.0 Å². The van der Waals surface area contributed by atoms with Crippen LogP contribution >= 0.6 is 0 Å². The van der Waals surface area contributed by atoms with Crippen LogP contribution in [0.25, 0.3) is 0 Å². The van der Waals surface area contributed by atoms with E-state index in [1.165, 1.54) is 12.1 Å². The van der Waals surface area contributed by atoms with Gasteiger partial charge in [0.2, 0.25) is 5.91 Å². The van der Waals surface area contributed by atoms with Gasteiger partial charge in [-0.3, -0.25) is 14.4 Å². The lowest BCUT2D eigenvalue weighted by atomic mass is 10.1. The predicted octanol–water partition coefficient (Wildman–Crippen LogP) is 4.70. The second kappa shape index (κ2) is 18.0. The summed E-state index contributed by atoms with van der Waals surface area (Å²) >= 11 is 0. The first-order chi connectivity index (χ1) is 18.5. The number of nitrogens with one attached hydrogen (secondary N) is 3. The van der Waals surface area contributed by atoms with Crippen LogP contribution in [0.2, 0.25) is 0 Å². The Labute approximate surface area is 231 Å². The summed E-state index contributed by atoms with van der Waals surface area (Å²) in [7, 11) is 0. The van der Waals surface area contributed by atoms with Crippen LogP contribution in [0.15, 0.2) is 42.5 Å². The second-order valence-electron chi connectivity index (χ2n) is 9.89. The third-order valence-electron chi connectivity index (χ3n) is 5.59. The number of aryl methyl sites for hydroxylation is 1. The van der Waals surface area contributed by atoms with E-state index >= 15 is 0 Å². The molecule has 0 aromatic heterocycles. The molecule has 2 aromatic rings. The molecule has 1 atom stereocenters. The maximum Gasteiger partial charge on any atom is 0.253 e. The van der Waals surface area contributed by atoms with Crippen molar-refractivity contribution < 1.29 is 23.2 Å². The molecule has 2 aromatic carbocycles. The molecule has 0 radical (unpaired) electrons. The largest absolute Gasteiger partial charge is 0.354 e. The molecule has 0 aliphatic carbocycles. The summed E-state index contributed by atoms with van der Waals surface area (Å²) in [5, 5.41) is 8.81. The zero-order valence-electron chi connectivity index (χ0n) is 24.1. The fourth-order valence-electron chi connectivity index (χ4n) is 3.64. The predicted molar refractivity (Wildman–Crippen MR) is 152 cm³/mol. The summed E-state index contributed by atoms with van der Waals surface area (Å²) in [5.74, 6) is -0.971. The lowest BCUT2D eigenvalue weighted by Gasteiger charge is -2.21. The summed E-state index contributed by atoms with van der Waals surface area (Å²) in [6, 6.07) is 9.91. The molecular formula is C30H44F2N4O3. The Morgan fingerprint density at radius 2 is 1.44 bits per heavy atom. The van der Waals surface area contributed by atoms with Crippen molar-refractivity contribution in [2.45, 2.75) is 60.4 Å². The molecule has 0 bridgehead atoms. The molecule has 0 aliphatic heterocycles. The molecule has 3 amide bonds. The molecule has 7 nitrogen and oxygen atoms in total. The van der Waals surface area contributed by atoms with E-state index in [0.29, 0.717) is 55.3 Å². The van der Waals surface area contributed by atoms with E-state index in [-0.39, 0.29) is 23.8 Å². The van der Waals surface area contributed by atoms with Gasteiger partial charge >= 0.3 is 0 Å². The summed E-state index contributed by atoms with van der Waals surface area (Å²) in [6.45, 7) is 14.5. The van der Waals surface area contributed by atoms with Crippen molar-refractivity contribution >= 4 is 17.7 Å². The van der Waals surface area contributed by atoms with Crippen LogP contribution < -0.4 is 16.0 Å². The number of benzene rings is 2. The van der Waals surface area contributed by atoms with Gasteiger partial charge in [-0.2, -0.15) is 0 Å². The molecule has 9 heteroatoms. The minimum Gasteiger partial charge on any atom is -0.354 e. The summed E-state index contributed by atoms with van der Waals surface area (Å²) in [6.07, 6.45) is 1.79. The normalized spacial score (nSPS) is 11.3. The fraction of sp³-hybridized carbons (Fsp3) is 0.500. The number of carbonyl (C=O) groups excluding carboxylic acids is 3. The number of carbonyl (C=O) groups is 3. The highest BCUT2D eigenvalue weighted by molar-refractivity contribution is 5.99. The number of amides is 3. The van der Waals surface area contributed by atoms with Gasteiger partial charge in [-0.25, -0.2) is 8.78 Å². The maximum atomic E-state index is 12.7. The van der Waals surface area contributed by atoms with Gasteiger partial charge < -0.3 is 20.9 Å². The van der Waals surface area contributed by atoms with Crippen molar-refractivity contribution in [2.24, 2.45) is 5.92 Å². The Morgan fingerprint density at radius 3 is 1.97 bits per heavy atom. The third-order valence-corrected chi connectivity index (χ3v) is 5.59. The van der Waals surface area contributed by atoms with Gasteiger partial charge in [0.25, 0.3) is 11.8 Å². The zero-order valence-corrected chi connectivity index (χ0v) is 24.1. The highest BCUT2D eigenvalue weighted by Gasteiger charge is 2.16. The summed E-state index contributed by atoms with van der Waals surface area (Å²) in [5.41, 5.74) is 1.59. The third kappa shape index (κ3) is 13.3. The number of rotatable bonds is 13. The average Bonchev–Trinajstić information content (AvgIpc) is 2.88. The van der Waals surface area contributed by atoms with Crippen LogP contribution in [-0.2, 0) is 4.79 Å². The molecule has 1 unspecified atom stereocenters. The Hall–Kier alpha value is -3.33. The molecule has 0 heterocycles. The second-order valence-corrected chi connectivity index (χ2v) is 9.89. The van der Waals surface area contributed by atoms with Gasteiger partial charge in [-0.05, 0) is 68.5 Å². The van der Waals surface area contributed by atoms with Crippen LogP contribution in [0.3, 0.4) is 0 Å². The maximum absolute atomic E-state index is 12.7. The molecule has 3 N–H and O–H groups in total. The van der Waals surface area contributed by atoms with Crippen molar-refractivity contribution in [1.29, 1.82) is 0 Å². The van der Waals surface area contributed by atoms with Gasteiger partial charge in [-0.15, -0.1) is 0 Å². The standard InChI is InChI=1S/C23H38N4O3.C7H6F2/c1-6-13-27(14-7-2)23(30)20-10-8-9-19(15-20)22(29)25-12-11-24-18(5)21(28)26-16-17(3)4;1-5-2-6(8)4-7(9)3-5/h8-10,15,17-18,24H,6-7,11-14,16H2,1-5H3,(H,25,29)(H,26,28);2-4H,1H3. The highest BCUT2D eigenvalue weighted by Crippen LogP contribution is 2.10. The van der Waals surface area contributed by atoms with Crippen LogP contribution in [-0.4, -0.2) is 61.4 Å². The van der Waals surface area contributed by atoms with Crippen molar-refractivity contribution in [3.8, 4) is 0 Å². The monoisotopic (exact) mass is 546 g/mol. The van der Waals surface area contributed by atoms with Crippen molar-refractivity contribution in [3.05, 3.63) is 70.8 Å². The summed E-state index contributed by atoms with van der Waals surface area (Å²) < 4.78 is 24.4. The zero-order chi connectivity index (χ0) is 29.4. The molecule has 0 saturated heterocycles. The molecule has 2 rings (SSSR count).